The molecule has 63 heavy (non-hydrogen) atoms. The number of amides is 3. The Balaban J connectivity index is 0.000000142. The number of aromatic nitrogens is 2. The Morgan fingerprint density at radius 1 is 0.413 bits per heavy atom. The lowest BCUT2D eigenvalue weighted by atomic mass is 10.0. The second-order valence-electron chi connectivity index (χ2n) is 14.2. The summed E-state index contributed by atoms with van der Waals surface area (Å²) in [5.41, 5.74) is 4.23. The van der Waals surface area contributed by atoms with Crippen LogP contribution in [-0.4, -0.2) is 63.4 Å². The number of aromatic amines is 2. The molecule has 15 nitrogen and oxygen atoms in total. The van der Waals surface area contributed by atoms with Crippen LogP contribution in [0.3, 0.4) is 0 Å². The number of rotatable bonds is 7. The van der Waals surface area contributed by atoms with Gasteiger partial charge in [-0.1, -0.05) is 30.3 Å². The van der Waals surface area contributed by atoms with Crippen molar-refractivity contribution in [2.24, 2.45) is 0 Å². The number of aromatic hydroxyl groups is 7. The quantitative estimate of drug-likeness (QED) is 0.0727. The first-order valence-electron chi connectivity index (χ1n) is 19.1. The van der Waals surface area contributed by atoms with Crippen molar-refractivity contribution in [2.45, 2.75) is 6.54 Å². The highest BCUT2D eigenvalue weighted by atomic mass is 16.3. The number of fused-ring (bicyclic) bond motifs is 3. The van der Waals surface area contributed by atoms with E-state index >= 15 is 0 Å². The zero-order valence-electron chi connectivity index (χ0n) is 33.0. The average molecular weight is 846 g/mol. The van der Waals surface area contributed by atoms with E-state index < -0.39 is 5.91 Å². The van der Waals surface area contributed by atoms with Crippen molar-refractivity contribution in [1.29, 1.82) is 0 Å². The van der Waals surface area contributed by atoms with Crippen molar-refractivity contribution >= 4 is 61.7 Å². The van der Waals surface area contributed by atoms with E-state index in [4.69, 9.17) is 0 Å². The van der Waals surface area contributed by atoms with Gasteiger partial charge in [-0.2, -0.15) is 0 Å². The summed E-state index contributed by atoms with van der Waals surface area (Å²) in [4.78, 5) is 42.4. The molecule has 2 aromatic heterocycles. The summed E-state index contributed by atoms with van der Waals surface area (Å²) >= 11 is 0. The number of hydrogen-bond donors (Lipinski definition) is 12. The van der Waals surface area contributed by atoms with Crippen LogP contribution >= 0.6 is 0 Å². The zero-order valence-corrected chi connectivity index (χ0v) is 33.0. The average Bonchev–Trinajstić information content (AvgIpc) is 3.87. The highest BCUT2D eigenvalue weighted by molar-refractivity contribution is 6.09. The van der Waals surface area contributed by atoms with Gasteiger partial charge in [0.25, 0.3) is 17.7 Å². The number of nitrogens with one attached hydrogen (secondary N) is 5. The zero-order chi connectivity index (χ0) is 44.6. The fraction of sp³-hybridized carbons (Fsp3) is 0.0208. The van der Waals surface area contributed by atoms with Crippen LogP contribution in [-0.2, 0) is 6.54 Å². The fourth-order valence-electron chi connectivity index (χ4n) is 6.45. The van der Waals surface area contributed by atoms with E-state index in [-0.39, 0.29) is 57.6 Å². The van der Waals surface area contributed by atoms with Crippen molar-refractivity contribution in [2.75, 3.05) is 10.6 Å². The van der Waals surface area contributed by atoms with E-state index in [1.165, 1.54) is 42.5 Å². The van der Waals surface area contributed by atoms with Gasteiger partial charge in [0.15, 0.2) is 0 Å². The predicted octanol–water partition coefficient (Wildman–Crippen LogP) is 8.55. The van der Waals surface area contributed by atoms with E-state index in [1.807, 2.05) is 6.07 Å². The molecule has 0 saturated carbocycles. The largest absolute Gasteiger partial charge is 0.508 e. The van der Waals surface area contributed by atoms with E-state index in [1.54, 1.807) is 103 Å². The maximum atomic E-state index is 12.3. The van der Waals surface area contributed by atoms with Gasteiger partial charge in [0, 0.05) is 51.9 Å². The number of carbonyl (C=O) groups is 3. The third-order valence-corrected chi connectivity index (χ3v) is 9.45. The fourth-order valence-corrected chi connectivity index (χ4v) is 6.45. The Morgan fingerprint density at radius 3 is 1.44 bits per heavy atom. The Morgan fingerprint density at radius 2 is 0.889 bits per heavy atom. The third kappa shape index (κ3) is 10.7. The first-order valence-corrected chi connectivity index (χ1v) is 19.1. The minimum absolute atomic E-state index is 0.0380. The molecule has 0 fully saturated rings. The highest BCUT2D eigenvalue weighted by Gasteiger charge is 2.14. The van der Waals surface area contributed by atoms with Crippen LogP contribution in [0, 0.1) is 0 Å². The molecule has 0 atom stereocenters. The molecule has 0 aliphatic rings. The van der Waals surface area contributed by atoms with Crippen LogP contribution < -0.4 is 16.0 Å². The lowest BCUT2D eigenvalue weighted by Gasteiger charge is -2.09. The van der Waals surface area contributed by atoms with Crippen molar-refractivity contribution < 1.29 is 50.1 Å². The molecule has 316 valence electrons. The van der Waals surface area contributed by atoms with Gasteiger partial charge in [-0.25, -0.2) is 0 Å². The second kappa shape index (κ2) is 18.4. The molecule has 7 aromatic carbocycles. The van der Waals surface area contributed by atoms with Crippen LogP contribution in [0.4, 0.5) is 11.4 Å². The molecule has 0 spiro atoms. The molecule has 9 aromatic rings. The Bertz CT molecular complexity index is 3140. The smallest absolute Gasteiger partial charge is 0.272 e. The lowest BCUT2D eigenvalue weighted by Crippen LogP contribution is -2.22. The van der Waals surface area contributed by atoms with Crippen molar-refractivity contribution in [3.8, 4) is 40.2 Å². The predicted molar refractivity (Wildman–Crippen MR) is 239 cm³/mol. The monoisotopic (exact) mass is 845 g/mol. The number of phenolic OH excluding ortho intramolecular Hbond substituents is 7. The SMILES string of the molecule is O=C(NCc1cccc(O)c1)c1cc2cc(O)ccc2[nH]1.O=C(Nc1cccc(O)c1)c1cc2cc(O)ccc2[nH]1.O=C(Nc1cccc(O)c1)c1cc2ccc(O)cc2cc1O. The number of phenols is 7. The molecule has 2 heterocycles. The molecule has 0 aliphatic carbocycles. The van der Waals surface area contributed by atoms with Gasteiger partial charge in [0.1, 0.15) is 51.6 Å². The molecular formula is C48H39N5O10. The molecular weight excluding hydrogens is 807 g/mol. The topological polar surface area (TPSA) is 260 Å². The molecule has 15 heteroatoms. The first-order chi connectivity index (χ1) is 30.3. The molecule has 12 N–H and O–H groups in total. The van der Waals surface area contributed by atoms with Gasteiger partial charge in [0.2, 0.25) is 0 Å². The molecule has 0 aliphatic heterocycles. The number of benzene rings is 7. The third-order valence-electron chi connectivity index (χ3n) is 9.45. The summed E-state index contributed by atoms with van der Waals surface area (Å²) in [6.45, 7) is 0.327. The molecule has 0 radical (unpaired) electrons. The van der Waals surface area contributed by atoms with Gasteiger partial charge in [-0.05, 0) is 126 Å². The summed E-state index contributed by atoms with van der Waals surface area (Å²) in [5, 5.41) is 77.3. The number of carbonyl (C=O) groups excluding carboxylic acids is 3. The maximum Gasteiger partial charge on any atom is 0.272 e. The van der Waals surface area contributed by atoms with Crippen LogP contribution in [0.5, 0.6) is 40.2 Å². The molecule has 0 bridgehead atoms. The van der Waals surface area contributed by atoms with Gasteiger partial charge < -0.3 is 61.7 Å². The van der Waals surface area contributed by atoms with Crippen molar-refractivity contribution in [3.63, 3.8) is 0 Å². The lowest BCUT2D eigenvalue weighted by molar-refractivity contribution is 0.0945. The normalized spacial score (nSPS) is 10.6. The van der Waals surface area contributed by atoms with Gasteiger partial charge >= 0.3 is 0 Å². The van der Waals surface area contributed by atoms with E-state index in [0.29, 0.717) is 34.7 Å². The summed E-state index contributed by atoms with van der Waals surface area (Å²) in [7, 11) is 0. The van der Waals surface area contributed by atoms with Gasteiger partial charge in [-0.15, -0.1) is 0 Å². The molecule has 9 rings (SSSR count). The van der Waals surface area contributed by atoms with Crippen LogP contribution in [0.2, 0.25) is 0 Å². The number of H-pyrrole nitrogens is 2. The second-order valence-corrected chi connectivity index (χ2v) is 14.2. The van der Waals surface area contributed by atoms with Crippen LogP contribution in [0.1, 0.15) is 36.9 Å². The first kappa shape index (κ1) is 42.0. The standard InChI is InChI=1S/C17H13NO4.C16H14N2O3.C15H12N2O3/c19-13-3-1-2-12(9-13)18-17(22)15-7-10-4-5-14(20)6-11(10)8-16(15)21;19-12-3-1-2-10(6-12)9-17-16(21)15-8-11-7-13(20)4-5-14(11)18-15;18-11-3-1-2-10(8-11)16-15(20)14-7-9-6-12(19)4-5-13(9)17-14/h1-9,19-21H,(H,18,22);1-8,18-20H,9H2,(H,17,21);1-8,17-19H,(H,16,20). The van der Waals surface area contributed by atoms with E-state index in [0.717, 1.165) is 32.8 Å². The van der Waals surface area contributed by atoms with Gasteiger partial charge in [0.05, 0.1) is 5.56 Å². The molecule has 3 amide bonds. The Hall–Kier alpha value is -9.11. The Labute approximate surface area is 357 Å². The van der Waals surface area contributed by atoms with E-state index in [9.17, 15) is 50.1 Å². The Kier molecular flexibility index (Phi) is 12.3. The van der Waals surface area contributed by atoms with Crippen molar-refractivity contribution in [3.05, 3.63) is 174 Å². The van der Waals surface area contributed by atoms with E-state index in [2.05, 4.69) is 25.9 Å². The number of anilines is 2. The van der Waals surface area contributed by atoms with Crippen LogP contribution in [0.25, 0.3) is 32.6 Å². The maximum absolute atomic E-state index is 12.3. The number of hydrogen-bond acceptors (Lipinski definition) is 10. The van der Waals surface area contributed by atoms with Crippen molar-refractivity contribution in [1.82, 2.24) is 15.3 Å². The highest BCUT2D eigenvalue weighted by Crippen LogP contribution is 2.29. The van der Waals surface area contributed by atoms with Gasteiger partial charge in [-0.3, -0.25) is 14.4 Å². The molecule has 0 unspecified atom stereocenters. The van der Waals surface area contributed by atoms with Crippen LogP contribution in [0.15, 0.2) is 152 Å². The summed E-state index contributed by atoms with van der Waals surface area (Å²) < 4.78 is 0. The minimum atomic E-state index is -0.488. The molecule has 0 saturated heterocycles. The minimum Gasteiger partial charge on any atom is -0.508 e. The summed E-state index contributed by atoms with van der Waals surface area (Å²) in [6.07, 6.45) is 0. The summed E-state index contributed by atoms with van der Waals surface area (Å²) in [5.74, 6) is -0.536. The summed E-state index contributed by atoms with van der Waals surface area (Å²) in [6, 6.07) is 39.9.